The summed E-state index contributed by atoms with van der Waals surface area (Å²) in [4.78, 5) is 0. The first-order valence-corrected chi connectivity index (χ1v) is 13.7. The van der Waals surface area contributed by atoms with Crippen LogP contribution in [0, 0.1) is 6.92 Å². The minimum absolute atomic E-state index is 0.366. The van der Waals surface area contributed by atoms with Crippen LogP contribution in [0.4, 0.5) is 0 Å². The van der Waals surface area contributed by atoms with Crippen molar-refractivity contribution in [2.45, 2.75) is 57.3 Å². The van der Waals surface area contributed by atoms with Crippen molar-refractivity contribution in [2.24, 2.45) is 0 Å². The summed E-state index contributed by atoms with van der Waals surface area (Å²) in [7, 11) is 1.61. The number of methoxy groups -OCH3 is 1. The van der Waals surface area contributed by atoms with Gasteiger partial charge in [-0.2, -0.15) is 0 Å². The number of hydrogen-bond donors (Lipinski definition) is 5. The fourth-order valence-electron chi connectivity index (χ4n) is 5.02. The molecule has 3 aromatic carbocycles. The molecule has 4 aromatic rings. The van der Waals surface area contributed by atoms with Crippen LogP contribution >= 0.6 is 0 Å². The molecule has 0 unspecified atom stereocenters. The van der Waals surface area contributed by atoms with E-state index < -0.39 is 37.3 Å². The Morgan fingerprint density at radius 3 is 2.50 bits per heavy atom. The largest absolute Gasteiger partial charge is 0.493 e. The zero-order valence-corrected chi connectivity index (χ0v) is 23.5. The molecule has 0 saturated carbocycles. The first-order valence-electron chi connectivity index (χ1n) is 13.7. The Kier molecular flexibility index (Phi) is 9.48. The quantitative estimate of drug-likeness (QED) is 0.180. The number of benzene rings is 3. The van der Waals surface area contributed by atoms with E-state index in [9.17, 15) is 20.4 Å². The van der Waals surface area contributed by atoms with Crippen LogP contribution in [0.3, 0.4) is 0 Å². The highest BCUT2D eigenvalue weighted by Crippen LogP contribution is 2.31. The maximum atomic E-state index is 10.3. The van der Waals surface area contributed by atoms with E-state index in [1.807, 2.05) is 42.5 Å². The number of aliphatic hydroxyl groups is 4. The molecule has 1 aliphatic rings. The van der Waals surface area contributed by atoms with E-state index >= 15 is 0 Å². The maximum Gasteiger partial charge on any atom is 0.180 e. The second-order valence-electron chi connectivity index (χ2n) is 10.2. The molecule has 11 heteroatoms. The summed E-state index contributed by atoms with van der Waals surface area (Å²) in [6, 6.07) is 22.3. The lowest BCUT2D eigenvalue weighted by Gasteiger charge is -2.39. The van der Waals surface area contributed by atoms with Crippen molar-refractivity contribution in [3.05, 3.63) is 95.3 Å². The van der Waals surface area contributed by atoms with Crippen LogP contribution in [0.2, 0.25) is 0 Å². The highest BCUT2D eigenvalue weighted by Gasteiger charge is 2.44. The Bertz CT molecular complexity index is 1460. The fourth-order valence-corrected chi connectivity index (χ4v) is 5.02. The third kappa shape index (κ3) is 6.46. The van der Waals surface area contributed by atoms with Crippen molar-refractivity contribution < 1.29 is 34.6 Å². The molecule has 42 heavy (non-hydrogen) atoms. The minimum Gasteiger partial charge on any atom is -0.493 e. The Labute approximate surface area is 243 Å². The standard InChI is InChI=1S/C31H36N4O7/c1-19-22(9-6-10-24(19)21-7-4-3-5-8-21)18-41-26-13-20(11-12-25(26)40-2)14-32-15-23-16-35(34-33-23)31-30(39)29(38)28(37)27(17-36)42-31/h3-13,16,27-32,36-39H,14-15,17-18H2,1-2H3/t27-,28+,29+,30-,31-/m1/s1. The molecule has 1 saturated heterocycles. The second kappa shape index (κ2) is 13.4. The number of nitrogens with zero attached hydrogens (tertiary/aromatic N) is 3. The summed E-state index contributed by atoms with van der Waals surface area (Å²) in [6.07, 6.45) is -4.91. The molecule has 0 bridgehead atoms. The Balaban J connectivity index is 1.20. The summed E-state index contributed by atoms with van der Waals surface area (Å²) in [5.41, 5.74) is 6.13. The van der Waals surface area contributed by atoms with E-state index in [1.165, 1.54) is 10.2 Å². The first kappa shape index (κ1) is 29.6. The van der Waals surface area contributed by atoms with Gasteiger partial charge in [-0.25, -0.2) is 4.68 Å². The van der Waals surface area contributed by atoms with Gasteiger partial charge in [-0.1, -0.05) is 59.8 Å². The highest BCUT2D eigenvalue weighted by molar-refractivity contribution is 5.68. The second-order valence-corrected chi connectivity index (χ2v) is 10.2. The zero-order chi connectivity index (χ0) is 29.6. The third-order valence-electron chi connectivity index (χ3n) is 7.46. The van der Waals surface area contributed by atoms with Crippen LogP contribution in [-0.2, 0) is 24.4 Å². The summed E-state index contributed by atoms with van der Waals surface area (Å²) >= 11 is 0. The molecule has 222 valence electrons. The van der Waals surface area contributed by atoms with E-state index in [2.05, 4.69) is 46.8 Å². The normalized spacial score (nSPS) is 22.2. The lowest BCUT2D eigenvalue weighted by molar-refractivity contribution is -0.254. The minimum atomic E-state index is -1.49. The van der Waals surface area contributed by atoms with E-state index in [-0.39, 0.29) is 0 Å². The zero-order valence-electron chi connectivity index (χ0n) is 23.5. The van der Waals surface area contributed by atoms with Crippen molar-refractivity contribution in [1.82, 2.24) is 20.3 Å². The van der Waals surface area contributed by atoms with Gasteiger partial charge in [-0.05, 0) is 46.9 Å². The summed E-state index contributed by atoms with van der Waals surface area (Å²) in [6.45, 7) is 2.85. The van der Waals surface area contributed by atoms with E-state index in [0.29, 0.717) is 36.9 Å². The average Bonchev–Trinajstić information content (AvgIpc) is 3.48. The smallest absolute Gasteiger partial charge is 0.180 e. The molecule has 0 radical (unpaired) electrons. The Hall–Kier alpha value is -3.84. The Morgan fingerprint density at radius 2 is 1.74 bits per heavy atom. The van der Waals surface area contributed by atoms with Crippen LogP contribution in [0.25, 0.3) is 11.1 Å². The van der Waals surface area contributed by atoms with Crippen LogP contribution in [0.1, 0.15) is 28.6 Å². The van der Waals surface area contributed by atoms with Crippen molar-refractivity contribution in [3.63, 3.8) is 0 Å². The highest BCUT2D eigenvalue weighted by atomic mass is 16.6. The van der Waals surface area contributed by atoms with Crippen LogP contribution < -0.4 is 14.8 Å². The average molecular weight is 577 g/mol. The number of ether oxygens (including phenoxy) is 3. The summed E-state index contributed by atoms with van der Waals surface area (Å²) < 4.78 is 18.6. The topological polar surface area (TPSA) is 151 Å². The lowest BCUT2D eigenvalue weighted by atomic mass is 9.97. The molecule has 0 amide bonds. The summed E-state index contributed by atoms with van der Waals surface area (Å²) in [5, 5.41) is 51.2. The van der Waals surface area contributed by atoms with E-state index in [0.717, 1.165) is 22.3 Å². The van der Waals surface area contributed by atoms with Gasteiger partial charge in [0.15, 0.2) is 17.7 Å². The maximum absolute atomic E-state index is 10.3. The lowest BCUT2D eigenvalue weighted by Crippen LogP contribution is -2.56. The van der Waals surface area contributed by atoms with Gasteiger partial charge in [0, 0.05) is 13.1 Å². The number of aromatic nitrogens is 3. The van der Waals surface area contributed by atoms with Crippen molar-refractivity contribution in [3.8, 4) is 22.6 Å². The molecule has 0 aliphatic carbocycles. The van der Waals surface area contributed by atoms with Gasteiger partial charge in [-0.15, -0.1) is 5.10 Å². The molecular formula is C31H36N4O7. The van der Waals surface area contributed by atoms with Crippen molar-refractivity contribution in [2.75, 3.05) is 13.7 Å². The predicted molar refractivity (Wildman–Crippen MR) is 154 cm³/mol. The predicted octanol–water partition coefficient (Wildman–Crippen LogP) is 2.10. The van der Waals surface area contributed by atoms with Gasteiger partial charge < -0.3 is 40.0 Å². The van der Waals surface area contributed by atoms with E-state index in [4.69, 9.17) is 14.2 Å². The molecule has 5 atom stereocenters. The van der Waals surface area contributed by atoms with Gasteiger partial charge in [0.05, 0.1) is 25.6 Å². The molecule has 1 aromatic heterocycles. The van der Waals surface area contributed by atoms with Gasteiger partial charge in [0.2, 0.25) is 0 Å². The number of nitrogens with one attached hydrogen (secondary N) is 1. The number of hydrogen-bond acceptors (Lipinski definition) is 10. The van der Waals surface area contributed by atoms with Crippen molar-refractivity contribution >= 4 is 0 Å². The van der Waals surface area contributed by atoms with Gasteiger partial charge in [0.25, 0.3) is 0 Å². The van der Waals surface area contributed by atoms with Crippen molar-refractivity contribution in [1.29, 1.82) is 0 Å². The van der Waals surface area contributed by atoms with Crippen LogP contribution in [0.15, 0.2) is 72.9 Å². The fraction of sp³-hybridized carbons (Fsp3) is 0.355. The molecule has 5 N–H and O–H groups in total. The van der Waals surface area contributed by atoms with Gasteiger partial charge >= 0.3 is 0 Å². The molecule has 2 heterocycles. The third-order valence-corrected chi connectivity index (χ3v) is 7.46. The Morgan fingerprint density at radius 1 is 0.929 bits per heavy atom. The molecule has 11 nitrogen and oxygen atoms in total. The number of rotatable bonds is 11. The van der Waals surface area contributed by atoms with Crippen LogP contribution in [-0.4, -0.2) is 73.6 Å². The van der Waals surface area contributed by atoms with Gasteiger partial charge in [-0.3, -0.25) is 0 Å². The molecule has 5 rings (SSSR count). The van der Waals surface area contributed by atoms with Gasteiger partial charge in [0.1, 0.15) is 31.0 Å². The molecular weight excluding hydrogens is 540 g/mol. The number of aliphatic hydroxyl groups excluding tert-OH is 4. The van der Waals surface area contributed by atoms with E-state index in [1.54, 1.807) is 13.3 Å². The SMILES string of the molecule is COc1ccc(CNCc2cn([C@@H]3O[C@H](CO)[C@H](O)[C@H](O)[C@H]3O)nn2)cc1OCc1cccc(-c2ccccc2)c1C. The first-order chi connectivity index (χ1) is 20.4. The monoisotopic (exact) mass is 576 g/mol. The van der Waals surface area contributed by atoms with Crippen LogP contribution in [0.5, 0.6) is 11.5 Å². The molecule has 0 spiro atoms. The molecule has 1 aliphatic heterocycles. The summed E-state index contributed by atoms with van der Waals surface area (Å²) in [5.74, 6) is 1.27. The molecule has 1 fully saturated rings.